The SMILES string of the molecule is Cc1cc(F)ccc1COc1ccc(N)cc1C#N. The second kappa shape index (κ2) is 5.40. The fourth-order valence-electron chi connectivity index (χ4n) is 1.74. The standard InChI is InChI=1S/C15H13FN2O/c1-10-6-13(16)3-2-11(10)9-19-15-5-4-14(18)7-12(15)8-17/h2-7H,9,18H2,1H3. The highest BCUT2D eigenvalue weighted by molar-refractivity contribution is 5.53. The highest BCUT2D eigenvalue weighted by Crippen LogP contribution is 2.22. The van der Waals surface area contributed by atoms with Gasteiger partial charge in [-0.1, -0.05) is 6.07 Å². The lowest BCUT2D eigenvalue weighted by Crippen LogP contribution is -2.00. The average Bonchev–Trinajstić information content (AvgIpc) is 2.39. The van der Waals surface area contributed by atoms with Gasteiger partial charge in [-0.2, -0.15) is 5.26 Å². The maximum atomic E-state index is 13.0. The monoisotopic (exact) mass is 256 g/mol. The third-order valence-corrected chi connectivity index (χ3v) is 2.81. The van der Waals surface area contributed by atoms with Crippen molar-refractivity contribution in [2.45, 2.75) is 13.5 Å². The van der Waals surface area contributed by atoms with Crippen LogP contribution in [-0.2, 0) is 6.61 Å². The van der Waals surface area contributed by atoms with Gasteiger partial charge in [0.25, 0.3) is 0 Å². The largest absolute Gasteiger partial charge is 0.488 e. The highest BCUT2D eigenvalue weighted by atomic mass is 19.1. The lowest BCUT2D eigenvalue weighted by molar-refractivity contribution is 0.304. The Morgan fingerprint density at radius 2 is 2.05 bits per heavy atom. The maximum absolute atomic E-state index is 13.0. The van der Waals surface area contributed by atoms with Crippen LogP contribution in [-0.4, -0.2) is 0 Å². The number of halogens is 1. The molecule has 2 N–H and O–H groups in total. The zero-order valence-corrected chi connectivity index (χ0v) is 10.5. The summed E-state index contributed by atoms with van der Waals surface area (Å²) in [6.07, 6.45) is 0. The third kappa shape index (κ3) is 3.02. The minimum Gasteiger partial charge on any atom is -0.488 e. The molecule has 0 amide bonds. The molecule has 2 rings (SSSR count). The summed E-state index contributed by atoms with van der Waals surface area (Å²) in [6.45, 7) is 2.10. The van der Waals surface area contributed by atoms with E-state index in [1.54, 1.807) is 24.3 Å². The Bertz CT molecular complexity index is 647. The van der Waals surface area contributed by atoms with E-state index < -0.39 is 0 Å². The van der Waals surface area contributed by atoms with Crippen molar-refractivity contribution in [2.75, 3.05) is 5.73 Å². The minimum atomic E-state index is -0.272. The summed E-state index contributed by atoms with van der Waals surface area (Å²) in [5, 5.41) is 9.00. The molecule has 0 aromatic heterocycles. The third-order valence-electron chi connectivity index (χ3n) is 2.81. The number of benzene rings is 2. The summed E-state index contributed by atoms with van der Waals surface area (Å²) in [5.74, 6) is 0.201. The molecule has 4 heteroatoms. The molecule has 0 aliphatic carbocycles. The molecule has 19 heavy (non-hydrogen) atoms. The van der Waals surface area contributed by atoms with Crippen LogP contribution in [0.4, 0.5) is 10.1 Å². The lowest BCUT2D eigenvalue weighted by atomic mass is 10.1. The van der Waals surface area contributed by atoms with Crippen molar-refractivity contribution in [3.05, 3.63) is 58.9 Å². The van der Waals surface area contributed by atoms with Crippen LogP contribution in [0.15, 0.2) is 36.4 Å². The number of hydrogen-bond donors (Lipinski definition) is 1. The minimum absolute atomic E-state index is 0.272. The summed E-state index contributed by atoms with van der Waals surface area (Å²) < 4.78 is 18.6. The van der Waals surface area contributed by atoms with E-state index in [1.807, 2.05) is 13.0 Å². The molecule has 0 saturated heterocycles. The molecule has 0 radical (unpaired) electrons. The first kappa shape index (κ1) is 12.9. The molecule has 0 aliphatic rings. The van der Waals surface area contributed by atoms with Gasteiger partial charge in [-0.25, -0.2) is 4.39 Å². The van der Waals surface area contributed by atoms with Crippen LogP contribution in [0, 0.1) is 24.1 Å². The Hall–Kier alpha value is -2.54. The van der Waals surface area contributed by atoms with Crippen LogP contribution in [0.2, 0.25) is 0 Å². The normalized spacial score (nSPS) is 9.95. The number of hydrogen-bond acceptors (Lipinski definition) is 3. The molecule has 0 atom stereocenters. The first-order valence-electron chi connectivity index (χ1n) is 5.77. The van der Waals surface area contributed by atoms with Crippen LogP contribution >= 0.6 is 0 Å². The van der Waals surface area contributed by atoms with Crippen molar-refractivity contribution in [2.24, 2.45) is 0 Å². The zero-order valence-electron chi connectivity index (χ0n) is 10.5. The fourth-order valence-corrected chi connectivity index (χ4v) is 1.74. The summed E-state index contributed by atoms with van der Waals surface area (Å²) in [4.78, 5) is 0. The highest BCUT2D eigenvalue weighted by Gasteiger charge is 2.06. The van der Waals surface area contributed by atoms with Gasteiger partial charge in [0.05, 0.1) is 5.56 Å². The van der Waals surface area contributed by atoms with Crippen LogP contribution in [0.3, 0.4) is 0 Å². The topological polar surface area (TPSA) is 59.0 Å². The molecule has 0 aliphatic heterocycles. The molecule has 0 heterocycles. The number of ether oxygens (including phenoxy) is 1. The van der Waals surface area contributed by atoms with Gasteiger partial charge in [0.1, 0.15) is 24.2 Å². The number of nitrogens with zero attached hydrogens (tertiary/aromatic N) is 1. The summed E-state index contributed by atoms with van der Waals surface area (Å²) in [6, 6.07) is 11.4. The summed E-state index contributed by atoms with van der Waals surface area (Å²) in [7, 11) is 0. The van der Waals surface area contributed by atoms with Gasteiger partial charge >= 0.3 is 0 Å². The second-order valence-corrected chi connectivity index (χ2v) is 4.23. The molecule has 0 fully saturated rings. The first-order valence-corrected chi connectivity index (χ1v) is 5.77. The van der Waals surface area contributed by atoms with Crippen molar-refractivity contribution in [3.63, 3.8) is 0 Å². The molecule has 0 spiro atoms. The number of anilines is 1. The molecule has 3 nitrogen and oxygen atoms in total. The number of rotatable bonds is 3. The van der Waals surface area contributed by atoms with E-state index in [0.717, 1.165) is 11.1 Å². The van der Waals surface area contributed by atoms with E-state index in [9.17, 15) is 4.39 Å². The van der Waals surface area contributed by atoms with Gasteiger partial charge in [0.2, 0.25) is 0 Å². The van der Waals surface area contributed by atoms with Crippen LogP contribution in [0.25, 0.3) is 0 Å². The Kier molecular flexibility index (Phi) is 3.67. The van der Waals surface area contributed by atoms with Crippen molar-refractivity contribution in [3.8, 4) is 11.8 Å². The van der Waals surface area contributed by atoms with E-state index in [1.165, 1.54) is 12.1 Å². The molecular formula is C15H13FN2O. The Morgan fingerprint density at radius 3 is 2.74 bits per heavy atom. The molecular weight excluding hydrogens is 243 g/mol. The van der Waals surface area contributed by atoms with Gasteiger partial charge in [-0.05, 0) is 48.4 Å². The van der Waals surface area contributed by atoms with E-state index in [4.69, 9.17) is 15.7 Å². The van der Waals surface area contributed by atoms with Crippen molar-refractivity contribution < 1.29 is 9.13 Å². The molecule has 0 saturated carbocycles. The Labute approximate surface area is 111 Å². The van der Waals surface area contributed by atoms with E-state index in [0.29, 0.717) is 17.0 Å². The summed E-state index contributed by atoms with van der Waals surface area (Å²) in [5.41, 5.74) is 8.20. The van der Waals surface area contributed by atoms with Gasteiger partial charge in [-0.3, -0.25) is 0 Å². The maximum Gasteiger partial charge on any atom is 0.137 e. The molecule has 2 aromatic carbocycles. The Balaban J connectivity index is 2.17. The van der Waals surface area contributed by atoms with Crippen molar-refractivity contribution >= 4 is 5.69 Å². The van der Waals surface area contributed by atoms with Gasteiger partial charge in [-0.15, -0.1) is 0 Å². The van der Waals surface area contributed by atoms with E-state index in [-0.39, 0.29) is 12.4 Å². The number of nitriles is 1. The summed E-state index contributed by atoms with van der Waals surface area (Å²) >= 11 is 0. The molecule has 96 valence electrons. The molecule has 0 unspecified atom stereocenters. The molecule has 2 aromatic rings. The van der Waals surface area contributed by atoms with Crippen molar-refractivity contribution in [1.29, 1.82) is 5.26 Å². The Morgan fingerprint density at radius 1 is 1.26 bits per heavy atom. The van der Waals surface area contributed by atoms with E-state index >= 15 is 0 Å². The average molecular weight is 256 g/mol. The quantitative estimate of drug-likeness (QED) is 0.858. The van der Waals surface area contributed by atoms with Crippen LogP contribution in [0.5, 0.6) is 5.75 Å². The molecule has 0 bridgehead atoms. The second-order valence-electron chi connectivity index (χ2n) is 4.23. The number of nitrogen functional groups attached to an aromatic ring is 1. The predicted molar refractivity (Wildman–Crippen MR) is 71.0 cm³/mol. The van der Waals surface area contributed by atoms with Gasteiger partial charge in [0.15, 0.2) is 0 Å². The number of nitrogens with two attached hydrogens (primary N) is 1. The van der Waals surface area contributed by atoms with Gasteiger partial charge in [0, 0.05) is 5.69 Å². The van der Waals surface area contributed by atoms with Gasteiger partial charge < -0.3 is 10.5 Å². The smallest absolute Gasteiger partial charge is 0.137 e. The van der Waals surface area contributed by atoms with Crippen molar-refractivity contribution in [1.82, 2.24) is 0 Å². The predicted octanol–water partition coefficient (Wildman–Crippen LogP) is 3.17. The first-order chi connectivity index (χ1) is 9.10. The van der Waals surface area contributed by atoms with Crippen LogP contribution < -0.4 is 10.5 Å². The van der Waals surface area contributed by atoms with E-state index in [2.05, 4.69) is 0 Å². The fraction of sp³-hybridized carbons (Fsp3) is 0.133. The lowest BCUT2D eigenvalue weighted by Gasteiger charge is -2.10. The zero-order chi connectivity index (χ0) is 13.8. The number of aryl methyl sites for hydroxylation is 1. The van der Waals surface area contributed by atoms with Crippen LogP contribution in [0.1, 0.15) is 16.7 Å².